The molecule has 32 heteroatoms. The Balaban J connectivity index is 3.31. The lowest BCUT2D eigenvalue weighted by molar-refractivity contribution is -0.331. The summed E-state index contributed by atoms with van der Waals surface area (Å²) in [4.78, 5) is 20.8. The van der Waals surface area contributed by atoms with E-state index in [-0.39, 0.29) is 82.4 Å². The Hall–Kier alpha value is -1.28. The van der Waals surface area contributed by atoms with E-state index >= 15 is 0 Å². The quantitative estimate of drug-likeness (QED) is 0.0500. The molecule has 0 amide bonds. The fourth-order valence-electron chi connectivity index (χ4n) is 6.96. The van der Waals surface area contributed by atoms with Crippen molar-refractivity contribution in [3.8, 4) is 0 Å². The zero-order valence-corrected chi connectivity index (χ0v) is 60.2. The molecule has 0 radical (unpaired) electrons. The van der Waals surface area contributed by atoms with Crippen molar-refractivity contribution >= 4 is 0 Å². The SMILES string of the molecule is CC(COOCCOCCO)OCC(C)OCC(C)OCC(C)OCC(C)OCC(C)OCC(C)OOCCOCCOCCOCCOCCOCCOCCOCCOCCOCCOCCOCCOCCOCCOCCOCCOCCOCCOCCOCCO. The fourth-order valence-corrected chi connectivity index (χ4v) is 6.96. The normalized spacial score (nSPS) is 14.2. The van der Waals surface area contributed by atoms with Gasteiger partial charge in [0.2, 0.25) is 0 Å². The van der Waals surface area contributed by atoms with E-state index in [9.17, 15) is 0 Å². The van der Waals surface area contributed by atoms with Gasteiger partial charge in [-0.15, -0.1) is 0 Å². The third kappa shape index (κ3) is 81.9. The molecule has 0 spiro atoms. The van der Waals surface area contributed by atoms with E-state index in [1.807, 2.05) is 48.5 Å². The third-order valence-corrected chi connectivity index (χ3v) is 12.1. The number of hydrogen-bond donors (Lipinski definition) is 2. The van der Waals surface area contributed by atoms with Gasteiger partial charge in [0.05, 0.1) is 354 Å². The van der Waals surface area contributed by atoms with Crippen LogP contribution in [0.15, 0.2) is 0 Å². The van der Waals surface area contributed by atoms with Gasteiger partial charge in [-0.1, -0.05) is 0 Å². The largest absolute Gasteiger partial charge is 0.394 e. The van der Waals surface area contributed by atoms with E-state index < -0.39 is 0 Å². The molecular weight excluding hydrogens is 1290 g/mol. The average molecular weight is 1430 g/mol. The molecular formula is C65H132O32. The highest BCUT2D eigenvalue weighted by atomic mass is 17.2. The summed E-state index contributed by atoms with van der Waals surface area (Å²) in [5, 5.41) is 17.3. The van der Waals surface area contributed by atoms with Crippen LogP contribution in [0, 0.1) is 0 Å². The Kier molecular flexibility index (Phi) is 80.9. The van der Waals surface area contributed by atoms with Gasteiger partial charge in [0.15, 0.2) is 0 Å². The van der Waals surface area contributed by atoms with Gasteiger partial charge >= 0.3 is 0 Å². The first-order valence-corrected chi connectivity index (χ1v) is 34.7. The molecule has 7 atom stereocenters. The molecule has 0 bridgehead atoms. The van der Waals surface area contributed by atoms with E-state index in [2.05, 4.69) is 0 Å². The fraction of sp³-hybridized carbons (Fsp3) is 1.00. The molecule has 0 aliphatic carbocycles. The van der Waals surface area contributed by atoms with Crippen molar-refractivity contribution in [1.82, 2.24) is 0 Å². The van der Waals surface area contributed by atoms with Crippen LogP contribution < -0.4 is 0 Å². The van der Waals surface area contributed by atoms with Crippen LogP contribution >= 0.6 is 0 Å². The summed E-state index contributed by atoms with van der Waals surface area (Å²) in [6, 6.07) is 0. The van der Waals surface area contributed by atoms with Gasteiger partial charge in [-0.25, -0.2) is 19.6 Å². The minimum Gasteiger partial charge on any atom is -0.394 e. The van der Waals surface area contributed by atoms with Crippen molar-refractivity contribution in [2.45, 2.75) is 91.2 Å². The Morgan fingerprint density at radius 1 is 0.155 bits per heavy atom. The van der Waals surface area contributed by atoms with Crippen molar-refractivity contribution in [2.24, 2.45) is 0 Å². The molecule has 7 unspecified atom stereocenters. The Morgan fingerprint density at radius 2 is 0.299 bits per heavy atom. The first-order valence-electron chi connectivity index (χ1n) is 34.7. The van der Waals surface area contributed by atoms with E-state index in [0.29, 0.717) is 297 Å². The Labute approximate surface area is 579 Å². The van der Waals surface area contributed by atoms with Crippen LogP contribution in [0.5, 0.6) is 0 Å². The monoisotopic (exact) mass is 1420 g/mol. The lowest BCUT2D eigenvalue weighted by Crippen LogP contribution is -2.30. The van der Waals surface area contributed by atoms with Gasteiger partial charge < -0.3 is 133 Å². The minimum absolute atomic E-state index is 0.0155. The average Bonchev–Trinajstić information content (AvgIpc) is 3.81. The summed E-state index contributed by atoms with van der Waals surface area (Å²) in [7, 11) is 0. The summed E-state index contributed by atoms with van der Waals surface area (Å²) in [6.07, 6.45) is -1.09. The van der Waals surface area contributed by atoms with Crippen molar-refractivity contribution in [1.29, 1.82) is 0 Å². The van der Waals surface area contributed by atoms with Crippen molar-refractivity contribution in [2.75, 3.05) is 337 Å². The van der Waals surface area contributed by atoms with Crippen LogP contribution in [0.4, 0.5) is 0 Å². The molecule has 0 saturated carbocycles. The third-order valence-electron chi connectivity index (χ3n) is 12.1. The maximum absolute atomic E-state index is 8.69. The molecule has 0 rings (SSSR count). The van der Waals surface area contributed by atoms with Crippen LogP contribution in [-0.4, -0.2) is 390 Å². The van der Waals surface area contributed by atoms with Gasteiger partial charge in [0.25, 0.3) is 0 Å². The molecule has 2 N–H and O–H groups in total. The summed E-state index contributed by atoms with van der Waals surface area (Å²) in [5.74, 6) is 0. The Morgan fingerprint density at radius 3 is 0.485 bits per heavy atom. The number of ether oxygens (including phenoxy) is 26. The molecule has 0 aliphatic heterocycles. The number of hydrogen-bond acceptors (Lipinski definition) is 32. The van der Waals surface area contributed by atoms with Crippen molar-refractivity contribution < 1.29 is 153 Å². The number of aliphatic hydroxyl groups excluding tert-OH is 2. The zero-order chi connectivity index (χ0) is 70.3. The predicted molar refractivity (Wildman–Crippen MR) is 351 cm³/mol. The maximum Gasteiger partial charge on any atom is 0.113 e. The maximum atomic E-state index is 8.69. The second-order valence-corrected chi connectivity index (χ2v) is 21.4. The van der Waals surface area contributed by atoms with Gasteiger partial charge in [-0.3, -0.25) is 0 Å². The number of aliphatic hydroxyl groups is 2. The molecule has 0 aromatic carbocycles. The highest BCUT2D eigenvalue weighted by molar-refractivity contribution is 4.59. The lowest BCUT2D eigenvalue weighted by atomic mass is 10.3. The van der Waals surface area contributed by atoms with Gasteiger partial charge in [-0.2, -0.15) is 0 Å². The van der Waals surface area contributed by atoms with Gasteiger partial charge in [0, 0.05) is 0 Å². The second kappa shape index (κ2) is 82.0. The van der Waals surface area contributed by atoms with Gasteiger partial charge in [-0.05, 0) is 48.5 Å². The predicted octanol–water partition coefficient (Wildman–Crippen LogP) is 2.02. The highest BCUT2D eigenvalue weighted by Crippen LogP contribution is 2.06. The van der Waals surface area contributed by atoms with Crippen molar-refractivity contribution in [3.63, 3.8) is 0 Å². The van der Waals surface area contributed by atoms with E-state index in [4.69, 9.17) is 153 Å². The molecule has 0 saturated heterocycles. The van der Waals surface area contributed by atoms with E-state index in [1.54, 1.807) is 0 Å². The first-order chi connectivity index (χ1) is 47.7. The summed E-state index contributed by atoms with van der Waals surface area (Å²) >= 11 is 0. The van der Waals surface area contributed by atoms with E-state index in [1.165, 1.54) is 0 Å². The number of rotatable bonds is 87. The van der Waals surface area contributed by atoms with Crippen molar-refractivity contribution in [3.05, 3.63) is 0 Å². The molecule has 0 aromatic heterocycles. The van der Waals surface area contributed by atoms with Crippen LogP contribution in [-0.2, 0) is 143 Å². The van der Waals surface area contributed by atoms with E-state index in [0.717, 1.165) is 0 Å². The van der Waals surface area contributed by atoms with Crippen LogP contribution in [0.2, 0.25) is 0 Å². The molecule has 97 heavy (non-hydrogen) atoms. The smallest absolute Gasteiger partial charge is 0.113 e. The molecule has 0 fully saturated rings. The molecule has 0 heterocycles. The topological polar surface area (TPSA) is 317 Å². The molecule has 0 aromatic rings. The molecule has 584 valence electrons. The standard InChI is InChI=1S/C65H132O32/c1-59(52-88-60(2)54-90-62(4)56-92-64(6)58-96-94-50-48-69-11-9-67)89-53-61(3)91-55-63(5)93-57-65(7)97-95-51-49-87-47-46-86-45-44-85-43-42-84-41-40-83-39-38-82-37-36-81-35-34-80-33-32-79-31-30-78-29-28-77-27-26-76-25-24-75-23-22-74-21-20-73-19-18-72-17-16-71-15-14-70-13-12-68-10-8-66/h59-67H,8-58H2,1-7H3. The lowest BCUT2D eigenvalue weighted by Gasteiger charge is -2.22. The van der Waals surface area contributed by atoms with Crippen LogP contribution in [0.25, 0.3) is 0 Å². The van der Waals surface area contributed by atoms with Crippen LogP contribution in [0.3, 0.4) is 0 Å². The Bertz CT molecular complexity index is 1450. The summed E-state index contributed by atoms with van der Waals surface area (Å²) < 4.78 is 145. The molecule has 0 aliphatic rings. The first kappa shape index (κ1) is 95.7. The summed E-state index contributed by atoms with van der Waals surface area (Å²) in [5.41, 5.74) is 0. The zero-order valence-electron chi connectivity index (χ0n) is 60.2. The summed E-state index contributed by atoms with van der Waals surface area (Å²) in [6.45, 7) is 35.2. The molecule has 32 nitrogen and oxygen atoms in total. The minimum atomic E-state index is -0.277. The highest BCUT2D eigenvalue weighted by Gasteiger charge is 2.15. The van der Waals surface area contributed by atoms with Crippen LogP contribution in [0.1, 0.15) is 48.5 Å². The van der Waals surface area contributed by atoms with Gasteiger partial charge in [0.1, 0.15) is 25.9 Å². The second-order valence-electron chi connectivity index (χ2n) is 21.4.